The first kappa shape index (κ1) is 18.3. The highest BCUT2D eigenvalue weighted by Gasteiger charge is 2.28. The third-order valence-corrected chi connectivity index (χ3v) is 6.12. The fourth-order valence-corrected chi connectivity index (χ4v) is 4.34. The molecule has 2 aliphatic rings. The lowest BCUT2D eigenvalue weighted by Crippen LogP contribution is -2.43. The summed E-state index contributed by atoms with van der Waals surface area (Å²) in [5, 5.41) is 0. The SMILES string of the molecule is COC1CCC(N(CCC(C)C)CC2CCC(C)CC2)CC1. The number of hydrogen-bond donors (Lipinski definition) is 0. The third-order valence-electron chi connectivity index (χ3n) is 6.12. The Hall–Kier alpha value is -0.0800. The van der Waals surface area contributed by atoms with Crippen molar-refractivity contribution in [1.82, 2.24) is 4.90 Å². The van der Waals surface area contributed by atoms with Crippen LogP contribution in [0.1, 0.15) is 78.6 Å². The zero-order valence-electron chi connectivity index (χ0n) is 15.5. The van der Waals surface area contributed by atoms with Crippen LogP contribution in [0.3, 0.4) is 0 Å². The molecule has 0 amide bonds. The number of methoxy groups -OCH3 is 1. The molecule has 0 unspecified atom stereocenters. The minimum absolute atomic E-state index is 0.527. The molecule has 0 N–H and O–H groups in total. The van der Waals surface area contributed by atoms with E-state index in [1.165, 1.54) is 70.9 Å². The zero-order chi connectivity index (χ0) is 15.9. The van der Waals surface area contributed by atoms with Crippen LogP contribution in [0.5, 0.6) is 0 Å². The van der Waals surface area contributed by atoms with Crippen LogP contribution in [0.4, 0.5) is 0 Å². The van der Waals surface area contributed by atoms with Crippen LogP contribution >= 0.6 is 0 Å². The average Bonchev–Trinajstić information content (AvgIpc) is 2.53. The number of ether oxygens (including phenoxy) is 1. The van der Waals surface area contributed by atoms with Gasteiger partial charge in [0.25, 0.3) is 0 Å². The Balaban J connectivity index is 1.85. The van der Waals surface area contributed by atoms with Crippen molar-refractivity contribution >= 4 is 0 Å². The zero-order valence-corrected chi connectivity index (χ0v) is 15.5. The molecule has 0 aliphatic heterocycles. The minimum atomic E-state index is 0.527. The Morgan fingerprint density at radius 2 is 1.59 bits per heavy atom. The summed E-state index contributed by atoms with van der Waals surface area (Å²) in [6.45, 7) is 9.83. The van der Waals surface area contributed by atoms with Gasteiger partial charge in [0.1, 0.15) is 0 Å². The lowest BCUT2D eigenvalue weighted by atomic mass is 9.82. The molecule has 0 aromatic heterocycles. The van der Waals surface area contributed by atoms with E-state index in [0.29, 0.717) is 6.10 Å². The van der Waals surface area contributed by atoms with Crippen molar-refractivity contribution < 1.29 is 4.74 Å². The molecule has 2 saturated carbocycles. The molecule has 0 heterocycles. The Bertz CT molecular complexity index is 288. The molecule has 0 bridgehead atoms. The lowest BCUT2D eigenvalue weighted by Gasteiger charge is -2.40. The van der Waals surface area contributed by atoms with Crippen LogP contribution in [-0.2, 0) is 4.74 Å². The number of rotatable bonds is 7. The van der Waals surface area contributed by atoms with E-state index < -0.39 is 0 Å². The maximum Gasteiger partial charge on any atom is 0.0572 e. The maximum absolute atomic E-state index is 5.56. The second-order valence-corrected chi connectivity index (χ2v) is 8.47. The molecule has 0 radical (unpaired) electrons. The largest absolute Gasteiger partial charge is 0.381 e. The first-order chi connectivity index (χ1) is 10.6. The minimum Gasteiger partial charge on any atom is -0.381 e. The number of nitrogens with zero attached hydrogens (tertiary/aromatic N) is 1. The fourth-order valence-electron chi connectivity index (χ4n) is 4.34. The Kier molecular flexibility index (Phi) is 7.70. The van der Waals surface area contributed by atoms with E-state index in [2.05, 4.69) is 25.7 Å². The van der Waals surface area contributed by atoms with E-state index >= 15 is 0 Å². The van der Waals surface area contributed by atoms with Gasteiger partial charge in [0.2, 0.25) is 0 Å². The normalized spacial score (nSPS) is 33.5. The average molecular weight is 310 g/mol. The molecule has 2 heteroatoms. The van der Waals surface area contributed by atoms with Crippen molar-refractivity contribution in [3.8, 4) is 0 Å². The second-order valence-electron chi connectivity index (χ2n) is 8.47. The highest BCUT2D eigenvalue weighted by Crippen LogP contribution is 2.31. The monoisotopic (exact) mass is 309 g/mol. The van der Waals surface area contributed by atoms with Gasteiger partial charge in [-0.1, -0.05) is 33.6 Å². The van der Waals surface area contributed by atoms with Crippen LogP contribution in [-0.4, -0.2) is 37.2 Å². The summed E-state index contributed by atoms with van der Waals surface area (Å²) in [5.74, 6) is 2.75. The molecule has 130 valence electrons. The van der Waals surface area contributed by atoms with E-state index in [0.717, 1.165) is 23.8 Å². The van der Waals surface area contributed by atoms with E-state index in [9.17, 15) is 0 Å². The van der Waals surface area contributed by atoms with Gasteiger partial charge in [0, 0.05) is 19.7 Å². The van der Waals surface area contributed by atoms with Crippen molar-refractivity contribution in [2.45, 2.75) is 90.7 Å². The molecule has 2 rings (SSSR count). The lowest BCUT2D eigenvalue weighted by molar-refractivity contribution is 0.0306. The molecule has 2 nitrogen and oxygen atoms in total. The Morgan fingerprint density at radius 1 is 0.955 bits per heavy atom. The second kappa shape index (κ2) is 9.27. The van der Waals surface area contributed by atoms with Crippen molar-refractivity contribution in [3.05, 3.63) is 0 Å². The van der Waals surface area contributed by atoms with Crippen LogP contribution in [0.15, 0.2) is 0 Å². The molecule has 0 saturated heterocycles. The van der Waals surface area contributed by atoms with Gasteiger partial charge in [-0.2, -0.15) is 0 Å². The first-order valence-corrected chi connectivity index (χ1v) is 9.85. The topological polar surface area (TPSA) is 12.5 Å². The molecule has 2 aliphatic carbocycles. The molecule has 0 aromatic carbocycles. The van der Waals surface area contributed by atoms with E-state index in [1.54, 1.807) is 0 Å². The van der Waals surface area contributed by atoms with Gasteiger partial charge < -0.3 is 9.64 Å². The van der Waals surface area contributed by atoms with Gasteiger partial charge in [-0.25, -0.2) is 0 Å². The number of hydrogen-bond acceptors (Lipinski definition) is 2. The van der Waals surface area contributed by atoms with Crippen molar-refractivity contribution in [2.75, 3.05) is 20.2 Å². The molecule has 2 fully saturated rings. The summed E-state index contributed by atoms with van der Waals surface area (Å²) >= 11 is 0. The van der Waals surface area contributed by atoms with Gasteiger partial charge in [-0.15, -0.1) is 0 Å². The van der Waals surface area contributed by atoms with Gasteiger partial charge in [0.15, 0.2) is 0 Å². The van der Waals surface area contributed by atoms with Crippen LogP contribution in [0.25, 0.3) is 0 Å². The Labute approximate surface area is 139 Å². The van der Waals surface area contributed by atoms with Gasteiger partial charge in [-0.05, 0) is 69.2 Å². The van der Waals surface area contributed by atoms with E-state index in [4.69, 9.17) is 4.74 Å². The van der Waals surface area contributed by atoms with Crippen molar-refractivity contribution in [1.29, 1.82) is 0 Å². The highest BCUT2D eigenvalue weighted by atomic mass is 16.5. The maximum atomic E-state index is 5.56. The predicted molar refractivity (Wildman–Crippen MR) is 95.2 cm³/mol. The highest BCUT2D eigenvalue weighted by molar-refractivity contribution is 4.83. The summed E-state index contributed by atoms with van der Waals surface area (Å²) in [6, 6.07) is 0.824. The third kappa shape index (κ3) is 5.85. The summed E-state index contributed by atoms with van der Waals surface area (Å²) in [4.78, 5) is 2.87. The summed E-state index contributed by atoms with van der Waals surface area (Å²) < 4.78 is 5.56. The molecule has 0 atom stereocenters. The standard InChI is InChI=1S/C20H39NO/c1-16(2)13-14-21(15-18-7-5-17(3)6-8-18)19-9-11-20(22-4)12-10-19/h16-20H,5-15H2,1-4H3. The molecular weight excluding hydrogens is 270 g/mol. The van der Waals surface area contributed by atoms with Crippen molar-refractivity contribution in [3.63, 3.8) is 0 Å². The van der Waals surface area contributed by atoms with E-state index in [1.807, 2.05) is 7.11 Å². The van der Waals surface area contributed by atoms with Gasteiger partial charge >= 0.3 is 0 Å². The van der Waals surface area contributed by atoms with Crippen molar-refractivity contribution in [2.24, 2.45) is 17.8 Å². The van der Waals surface area contributed by atoms with Crippen LogP contribution in [0.2, 0.25) is 0 Å². The molecule has 22 heavy (non-hydrogen) atoms. The molecular formula is C20H39NO. The molecule has 0 spiro atoms. The summed E-state index contributed by atoms with van der Waals surface area (Å²) in [5.41, 5.74) is 0. The predicted octanol–water partition coefficient (Wildman–Crippen LogP) is 5.12. The Morgan fingerprint density at radius 3 is 2.14 bits per heavy atom. The molecule has 0 aromatic rings. The van der Waals surface area contributed by atoms with Gasteiger partial charge in [0.05, 0.1) is 6.10 Å². The van der Waals surface area contributed by atoms with E-state index in [-0.39, 0.29) is 0 Å². The first-order valence-electron chi connectivity index (χ1n) is 9.85. The fraction of sp³-hybridized carbons (Fsp3) is 1.00. The van der Waals surface area contributed by atoms with Crippen LogP contribution in [0, 0.1) is 17.8 Å². The quantitative estimate of drug-likeness (QED) is 0.647. The van der Waals surface area contributed by atoms with Gasteiger partial charge in [-0.3, -0.25) is 0 Å². The summed E-state index contributed by atoms with van der Waals surface area (Å²) in [7, 11) is 1.88. The summed E-state index contributed by atoms with van der Waals surface area (Å²) in [6.07, 6.45) is 12.9. The van der Waals surface area contributed by atoms with Crippen LogP contribution < -0.4 is 0 Å². The smallest absolute Gasteiger partial charge is 0.0572 e.